The average Bonchev–Trinajstić information content (AvgIpc) is 2.96. The minimum Gasteiger partial charge on any atom is -0.384 e. The molecule has 3 rings (SSSR count). The lowest BCUT2D eigenvalue weighted by Crippen LogP contribution is -1.92. The summed E-state index contributed by atoms with van der Waals surface area (Å²) >= 11 is 5.16. The van der Waals surface area contributed by atoms with Crippen LogP contribution in [0.5, 0.6) is 0 Å². The van der Waals surface area contributed by atoms with Gasteiger partial charge < -0.3 is 5.32 Å². The van der Waals surface area contributed by atoms with E-state index in [2.05, 4.69) is 5.32 Å². The molecule has 0 bridgehead atoms. The Bertz CT molecular complexity index is 653. The number of anilines is 1. The van der Waals surface area contributed by atoms with Crippen molar-refractivity contribution in [2.75, 3.05) is 11.9 Å². The summed E-state index contributed by atoms with van der Waals surface area (Å²) in [5, 5.41) is 2.85. The molecule has 1 heterocycles. The molecule has 0 saturated carbocycles. The van der Waals surface area contributed by atoms with Gasteiger partial charge in [-0.25, -0.2) is 0 Å². The Hall–Kier alpha value is -2.13. The fourth-order valence-electron chi connectivity index (χ4n) is 2.09. The lowest BCUT2D eigenvalue weighted by atomic mass is 10.1. The van der Waals surface area contributed by atoms with Crippen molar-refractivity contribution < 1.29 is 9.59 Å². The Balaban J connectivity index is 0.000000161. The van der Waals surface area contributed by atoms with Gasteiger partial charge in [0.15, 0.2) is 5.78 Å². The second kappa shape index (κ2) is 7.04. The molecule has 2 aromatic carbocycles. The van der Waals surface area contributed by atoms with Gasteiger partial charge in [-0.3, -0.25) is 9.59 Å². The molecule has 0 amide bonds. The SMILES string of the molecule is CC(=O)c1ccc2c(c1)CCN2.O=C(Cl)c1ccccc1. The summed E-state index contributed by atoms with van der Waals surface area (Å²) in [5.41, 5.74) is 3.80. The number of hydrogen-bond acceptors (Lipinski definition) is 3. The fourth-order valence-corrected chi connectivity index (χ4v) is 2.22. The lowest BCUT2D eigenvalue weighted by Gasteiger charge is -2.00. The molecular formula is C17H16ClNO2. The van der Waals surface area contributed by atoms with Crippen molar-refractivity contribution in [2.24, 2.45) is 0 Å². The quantitative estimate of drug-likeness (QED) is 0.675. The van der Waals surface area contributed by atoms with Gasteiger partial charge in [0.1, 0.15) is 0 Å². The third-order valence-electron chi connectivity index (χ3n) is 3.22. The number of nitrogens with one attached hydrogen (secondary N) is 1. The Morgan fingerprint density at radius 3 is 2.33 bits per heavy atom. The van der Waals surface area contributed by atoms with Gasteiger partial charge >= 0.3 is 0 Å². The second-order valence-electron chi connectivity index (χ2n) is 4.74. The first-order valence-corrected chi connectivity index (χ1v) is 7.08. The van der Waals surface area contributed by atoms with E-state index in [-0.39, 0.29) is 5.78 Å². The van der Waals surface area contributed by atoms with Gasteiger partial charge in [0.25, 0.3) is 5.24 Å². The van der Waals surface area contributed by atoms with E-state index in [1.165, 1.54) is 11.3 Å². The molecule has 0 aromatic heterocycles. The van der Waals surface area contributed by atoms with Crippen molar-refractivity contribution in [3.8, 4) is 0 Å². The number of halogens is 1. The van der Waals surface area contributed by atoms with E-state index in [9.17, 15) is 9.59 Å². The van der Waals surface area contributed by atoms with Crippen LogP contribution >= 0.6 is 11.6 Å². The molecule has 21 heavy (non-hydrogen) atoms. The summed E-state index contributed by atoms with van der Waals surface area (Å²) in [7, 11) is 0. The van der Waals surface area contributed by atoms with Gasteiger partial charge in [0.05, 0.1) is 0 Å². The van der Waals surface area contributed by atoms with Gasteiger partial charge in [-0.05, 0) is 48.7 Å². The summed E-state index contributed by atoms with van der Waals surface area (Å²) in [5.74, 6) is 0.143. The maximum Gasteiger partial charge on any atom is 0.252 e. The van der Waals surface area contributed by atoms with E-state index >= 15 is 0 Å². The van der Waals surface area contributed by atoms with Crippen molar-refractivity contribution in [3.05, 3.63) is 65.2 Å². The molecule has 1 aliphatic rings. The van der Waals surface area contributed by atoms with Crippen LogP contribution in [0.1, 0.15) is 33.2 Å². The molecule has 0 unspecified atom stereocenters. The zero-order valence-corrected chi connectivity index (χ0v) is 12.5. The lowest BCUT2D eigenvalue weighted by molar-refractivity contribution is 0.101. The first-order chi connectivity index (χ1) is 10.1. The molecule has 0 spiro atoms. The number of benzene rings is 2. The van der Waals surface area contributed by atoms with Gasteiger partial charge in [0, 0.05) is 23.4 Å². The number of carbonyl (C=O) groups excluding carboxylic acids is 2. The maximum absolute atomic E-state index is 11.0. The van der Waals surface area contributed by atoms with Crippen molar-refractivity contribution in [2.45, 2.75) is 13.3 Å². The minimum absolute atomic E-state index is 0.143. The number of hydrogen-bond donors (Lipinski definition) is 1. The Morgan fingerprint density at radius 2 is 1.76 bits per heavy atom. The van der Waals surface area contributed by atoms with Crippen LogP contribution in [0.15, 0.2) is 48.5 Å². The van der Waals surface area contributed by atoms with Crippen molar-refractivity contribution >= 4 is 28.3 Å². The van der Waals surface area contributed by atoms with E-state index in [0.717, 1.165) is 18.5 Å². The van der Waals surface area contributed by atoms with E-state index in [1.807, 2.05) is 24.3 Å². The third-order valence-corrected chi connectivity index (χ3v) is 3.44. The van der Waals surface area contributed by atoms with Crippen molar-refractivity contribution in [3.63, 3.8) is 0 Å². The fraction of sp³-hybridized carbons (Fsp3) is 0.176. The number of Topliss-reactive ketones (excluding diaryl/α,β-unsaturated/α-hetero) is 1. The van der Waals surface area contributed by atoms with Gasteiger partial charge in [0.2, 0.25) is 0 Å². The van der Waals surface area contributed by atoms with Crippen LogP contribution in [0.2, 0.25) is 0 Å². The Morgan fingerprint density at radius 1 is 1.05 bits per heavy atom. The Kier molecular flexibility index (Phi) is 5.12. The summed E-state index contributed by atoms with van der Waals surface area (Å²) in [6.45, 7) is 2.60. The highest BCUT2D eigenvalue weighted by Gasteiger charge is 2.10. The standard InChI is InChI=1S/C10H11NO.C7H5ClO/c1-7(12)8-2-3-10-9(6-8)4-5-11-10;8-7(9)6-4-2-1-3-5-6/h2-3,6,11H,4-5H2,1H3;1-5H. The normalized spacial score (nSPS) is 11.7. The van der Waals surface area contributed by atoms with E-state index in [0.29, 0.717) is 5.56 Å². The van der Waals surface area contributed by atoms with Crippen LogP contribution in [0.25, 0.3) is 0 Å². The highest BCUT2D eigenvalue weighted by Crippen LogP contribution is 2.22. The van der Waals surface area contributed by atoms with Crippen LogP contribution in [-0.4, -0.2) is 17.6 Å². The molecule has 3 nitrogen and oxygen atoms in total. The first-order valence-electron chi connectivity index (χ1n) is 6.70. The molecule has 0 saturated heterocycles. The zero-order chi connectivity index (χ0) is 15.2. The molecule has 108 valence electrons. The van der Waals surface area contributed by atoms with Crippen LogP contribution in [-0.2, 0) is 6.42 Å². The second-order valence-corrected chi connectivity index (χ2v) is 5.09. The molecule has 0 fully saturated rings. The van der Waals surface area contributed by atoms with E-state index < -0.39 is 5.24 Å². The third kappa shape index (κ3) is 4.17. The van der Waals surface area contributed by atoms with Crippen molar-refractivity contribution in [1.29, 1.82) is 0 Å². The summed E-state index contributed by atoms with van der Waals surface area (Å²) in [6, 6.07) is 14.6. The average molecular weight is 302 g/mol. The van der Waals surface area contributed by atoms with Crippen LogP contribution in [0.3, 0.4) is 0 Å². The number of rotatable bonds is 2. The zero-order valence-electron chi connectivity index (χ0n) is 11.7. The van der Waals surface area contributed by atoms with Crippen LogP contribution in [0, 0.1) is 0 Å². The smallest absolute Gasteiger partial charge is 0.252 e. The van der Waals surface area contributed by atoms with Gasteiger partial charge in [-0.2, -0.15) is 0 Å². The summed E-state index contributed by atoms with van der Waals surface area (Å²) in [4.78, 5) is 21.4. The van der Waals surface area contributed by atoms with E-state index in [4.69, 9.17) is 11.6 Å². The maximum atomic E-state index is 11.0. The molecule has 0 aliphatic carbocycles. The highest BCUT2D eigenvalue weighted by atomic mass is 35.5. The number of fused-ring (bicyclic) bond motifs is 1. The van der Waals surface area contributed by atoms with Crippen molar-refractivity contribution in [1.82, 2.24) is 0 Å². The first kappa shape index (κ1) is 15.3. The van der Waals surface area contributed by atoms with Crippen LogP contribution < -0.4 is 5.32 Å². The van der Waals surface area contributed by atoms with Crippen LogP contribution in [0.4, 0.5) is 5.69 Å². The molecule has 2 aromatic rings. The number of carbonyl (C=O) groups is 2. The monoisotopic (exact) mass is 301 g/mol. The minimum atomic E-state index is -0.407. The largest absolute Gasteiger partial charge is 0.384 e. The summed E-state index contributed by atoms with van der Waals surface area (Å²) in [6.07, 6.45) is 1.04. The predicted octanol–water partition coefficient (Wildman–Crippen LogP) is 3.92. The molecule has 0 atom stereocenters. The summed E-state index contributed by atoms with van der Waals surface area (Å²) < 4.78 is 0. The molecule has 0 radical (unpaired) electrons. The highest BCUT2D eigenvalue weighted by molar-refractivity contribution is 6.67. The Labute approximate surface area is 128 Å². The van der Waals surface area contributed by atoms with Gasteiger partial charge in [-0.1, -0.05) is 30.3 Å². The van der Waals surface area contributed by atoms with E-state index in [1.54, 1.807) is 31.2 Å². The molecular weight excluding hydrogens is 286 g/mol. The predicted molar refractivity (Wildman–Crippen MR) is 85.3 cm³/mol. The molecule has 1 N–H and O–H groups in total. The van der Waals surface area contributed by atoms with Gasteiger partial charge in [-0.15, -0.1) is 0 Å². The topological polar surface area (TPSA) is 46.2 Å². The number of ketones is 1. The molecule has 4 heteroatoms. The molecule has 1 aliphatic heterocycles.